The van der Waals surface area contributed by atoms with Crippen LogP contribution in [0.5, 0.6) is 0 Å². The van der Waals surface area contributed by atoms with E-state index in [2.05, 4.69) is 0 Å². The van der Waals surface area contributed by atoms with Crippen LogP contribution in [0.4, 0.5) is 0 Å². The van der Waals surface area contributed by atoms with Crippen molar-refractivity contribution >= 4 is 10.0 Å². The molecule has 0 amide bonds. The van der Waals surface area contributed by atoms with Crippen molar-refractivity contribution in [2.75, 3.05) is 13.1 Å². The Morgan fingerprint density at radius 1 is 1.17 bits per heavy atom. The summed E-state index contributed by atoms with van der Waals surface area (Å²) in [6.07, 6.45) is 0. The molecule has 0 aromatic heterocycles. The van der Waals surface area contributed by atoms with Gasteiger partial charge in [-0.2, -0.15) is 9.57 Å². The van der Waals surface area contributed by atoms with Crippen molar-refractivity contribution in [2.45, 2.75) is 23.8 Å². The van der Waals surface area contributed by atoms with Crippen molar-refractivity contribution in [2.24, 2.45) is 5.73 Å². The zero-order chi connectivity index (χ0) is 17.3. The minimum atomic E-state index is -3.67. The molecule has 2 aromatic rings. The molecular weight excluding hydrogens is 322 g/mol. The minimum absolute atomic E-state index is 0.0274. The van der Waals surface area contributed by atoms with Crippen LogP contribution in [0.15, 0.2) is 53.4 Å². The highest BCUT2D eigenvalue weighted by molar-refractivity contribution is 7.89. The Labute approximate surface area is 142 Å². The van der Waals surface area contributed by atoms with E-state index >= 15 is 0 Å². The third-order valence-electron chi connectivity index (χ3n) is 4.49. The van der Waals surface area contributed by atoms with Gasteiger partial charge in [-0.25, -0.2) is 8.42 Å². The van der Waals surface area contributed by atoms with Crippen LogP contribution in [-0.2, 0) is 10.0 Å². The van der Waals surface area contributed by atoms with Crippen LogP contribution in [0.2, 0.25) is 0 Å². The predicted octanol–water partition coefficient (Wildman–Crippen LogP) is 1.98. The quantitative estimate of drug-likeness (QED) is 0.925. The number of rotatable bonds is 3. The highest BCUT2D eigenvalue weighted by Crippen LogP contribution is 2.31. The Balaban J connectivity index is 1.94. The predicted molar refractivity (Wildman–Crippen MR) is 91.8 cm³/mol. The fraction of sp³-hybridized carbons (Fsp3) is 0.278. The fourth-order valence-electron chi connectivity index (χ4n) is 3.13. The maximum Gasteiger partial charge on any atom is 0.243 e. The molecule has 124 valence electrons. The summed E-state index contributed by atoms with van der Waals surface area (Å²) in [5, 5.41) is 9.04. The first kappa shape index (κ1) is 16.7. The van der Waals surface area contributed by atoms with Crippen LogP contribution in [0.1, 0.15) is 22.6 Å². The highest BCUT2D eigenvalue weighted by Gasteiger charge is 2.38. The summed E-state index contributed by atoms with van der Waals surface area (Å²) in [7, 11) is -3.67. The summed E-state index contributed by atoms with van der Waals surface area (Å²) >= 11 is 0. The molecular formula is C18H19N3O2S. The number of benzene rings is 2. The molecule has 1 aliphatic heterocycles. The Morgan fingerprint density at radius 3 is 2.54 bits per heavy atom. The second kappa shape index (κ2) is 6.36. The van der Waals surface area contributed by atoms with Crippen molar-refractivity contribution < 1.29 is 8.42 Å². The smallest absolute Gasteiger partial charge is 0.243 e. The summed E-state index contributed by atoms with van der Waals surface area (Å²) in [5.41, 5.74) is 8.22. The maximum atomic E-state index is 13.0. The molecule has 2 atom stereocenters. The van der Waals surface area contributed by atoms with Gasteiger partial charge in [-0.15, -0.1) is 0 Å². The average molecular weight is 341 g/mol. The van der Waals surface area contributed by atoms with Gasteiger partial charge >= 0.3 is 0 Å². The molecule has 1 aliphatic rings. The van der Waals surface area contributed by atoms with Crippen LogP contribution in [0.3, 0.4) is 0 Å². The number of sulfonamides is 1. The molecule has 0 bridgehead atoms. The standard InChI is InChI=1S/C18H19N3O2S/c1-13-7-8-14(10-19)9-18(13)24(22,23)21-11-16(17(20)12-21)15-5-3-2-4-6-15/h2-9,16-17H,11-12,20H2,1H3/t16-,17+/m0/s1. The van der Waals surface area contributed by atoms with Crippen LogP contribution in [0.25, 0.3) is 0 Å². The molecule has 6 heteroatoms. The lowest BCUT2D eigenvalue weighted by atomic mass is 9.95. The largest absolute Gasteiger partial charge is 0.326 e. The summed E-state index contributed by atoms with van der Waals surface area (Å²) < 4.78 is 27.4. The summed E-state index contributed by atoms with van der Waals surface area (Å²) in [6, 6.07) is 16.2. The van der Waals surface area contributed by atoms with E-state index in [9.17, 15) is 8.42 Å². The number of nitriles is 1. The molecule has 5 nitrogen and oxygen atoms in total. The van der Waals surface area contributed by atoms with Gasteiger partial charge in [-0.1, -0.05) is 36.4 Å². The van der Waals surface area contributed by atoms with Gasteiger partial charge in [-0.3, -0.25) is 0 Å². The molecule has 0 radical (unpaired) electrons. The lowest BCUT2D eigenvalue weighted by Crippen LogP contribution is -2.32. The molecule has 0 aliphatic carbocycles. The van der Waals surface area contributed by atoms with E-state index in [0.717, 1.165) is 5.56 Å². The lowest BCUT2D eigenvalue weighted by molar-refractivity contribution is 0.469. The van der Waals surface area contributed by atoms with Crippen LogP contribution < -0.4 is 5.73 Å². The fourth-order valence-corrected chi connectivity index (χ4v) is 4.88. The van der Waals surface area contributed by atoms with Gasteiger partial charge in [0.1, 0.15) is 0 Å². The number of nitrogens with zero attached hydrogens (tertiary/aromatic N) is 2. The molecule has 3 rings (SSSR count). The normalized spacial score (nSPS) is 21.5. The first-order valence-electron chi connectivity index (χ1n) is 7.75. The number of hydrogen-bond donors (Lipinski definition) is 1. The minimum Gasteiger partial charge on any atom is -0.326 e. The Hall–Kier alpha value is -2.20. The van der Waals surface area contributed by atoms with Gasteiger partial charge in [0.15, 0.2) is 0 Å². The van der Waals surface area contributed by atoms with Crippen molar-refractivity contribution in [3.63, 3.8) is 0 Å². The number of aryl methyl sites for hydroxylation is 1. The molecule has 1 saturated heterocycles. The molecule has 1 heterocycles. The van der Waals surface area contributed by atoms with Gasteiger partial charge in [0.25, 0.3) is 0 Å². The Bertz CT molecular complexity index is 888. The molecule has 0 spiro atoms. The molecule has 24 heavy (non-hydrogen) atoms. The third kappa shape index (κ3) is 2.94. The average Bonchev–Trinajstić information content (AvgIpc) is 2.98. The maximum absolute atomic E-state index is 13.0. The number of nitrogens with two attached hydrogens (primary N) is 1. The molecule has 0 saturated carbocycles. The monoisotopic (exact) mass is 341 g/mol. The zero-order valence-electron chi connectivity index (χ0n) is 13.4. The molecule has 0 unspecified atom stereocenters. The Morgan fingerprint density at radius 2 is 1.88 bits per heavy atom. The van der Waals surface area contributed by atoms with Gasteiger partial charge in [0, 0.05) is 25.0 Å². The van der Waals surface area contributed by atoms with E-state index in [4.69, 9.17) is 11.0 Å². The van der Waals surface area contributed by atoms with Crippen molar-refractivity contribution in [1.82, 2.24) is 4.31 Å². The summed E-state index contributed by atoms with van der Waals surface area (Å²) in [6.45, 7) is 2.36. The van der Waals surface area contributed by atoms with E-state index in [1.165, 1.54) is 10.4 Å². The van der Waals surface area contributed by atoms with E-state index in [1.807, 2.05) is 36.4 Å². The van der Waals surface area contributed by atoms with Crippen molar-refractivity contribution in [3.8, 4) is 6.07 Å². The molecule has 2 aromatic carbocycles. The van der Waals surface area contributed by atoms with Gasteiger partial charge in [0.05, 0.1) is 16.5 Å². The third-order valence-corrected chi connectivity index (χ3v) is 6.47. The first-order valence-corrected chi connectivity index (χ1v) is 9.19. The zero-order valence-corrected chi connectivity index (χ0v) is 14.2. The second-order valence-electron chi connectivity index (χ2n) is 6.10. The number of hydrogen-bond acceptors (Lipinski definition) is 4. The first-order chi connectivity index (χ1) is 11.4. The van der Waals surface area contributed by atoms with E-state index in [-0.39, 0.29) is 23.4 Å². The van der Waals surface area contributed by atoms with Gasteiger partial charge < -0.3 is 5.73 Å². The Kier molecular flexibility index (Phi) is 4.41. The van der Waals surface area contributed by atoms with E-state index in [0.29, 0.717) is 17.7 Å². The van der Waals surface area contributed by atoms with Crippen LogP contribution in [0, 0.1) is 18.3 Å². The van der Waals surface area contributed by atoms with Gasteiger partial charge in [0.2, 0.25) is 10.0 Å². The molecule has 2 N–H and O–H groups in total. The SMILES string of the molecule is Cc1ccc(C#N)cc1S(=O)(=O)N1C[C@@H](N)[C@H](c2ccccc2)C1. The molecule has 1 fully saturated rings. The van der Waals surface area contributed by atoms with Crippen LogP contribution in [-0.4, -0.2) is 31.9 Å². The van der Waals surface area contributed by atoms with Gasteiger partial charge in [-0.05, 0) is 30.2 Å². The second-order valence-corrected chi connectivity index (χ2v) is 8.00. The summed E-state index contributed by atoms with van der Waals surface area (Å²) in [4.78, 5) is 0.183. The van der Waals surface area contributed by atoms with Crippen molar-refractivity contribution in [1.29, 1.82) is 5.26 Å². The topological polar surface area (TPSA) is 87.2 Å². The van der Waals surface area contributed by atoms with Crippen LogP contribution >= 0.6 is 0 Å². The van der Waals surface area contributed by atoms with E-state index in [1.54, 1.807) is 19.1 Å². The van der Waals surface area contributed by atoms with Crippen molar-refractivity contribution in [3.05, 3.63) is 65.2 Å². The van der Waals surface area contributed by atoms with E-state index < -0.39 is 10.0 Å². The summed E-state index contributed by atoms with van der Waals surface area (Å²) in [5.74, 6) is -0.0274. The highest BCUT2D eigenvalue weighted by atomic mass is 32.2. The lowest BCUT2D eigenvalue weighted by Gasteiger charge is -2.18.